The Labute approximate surface area is 71.4 Å². The molecule has 0 aromatic heterocycles. The molecule has 0 aliphatic carbocycles. The molecule has 2 rings (SSSR count). The number of rotatable bonds is 0. The van der Waals surface area contributed by atoms with Crippen LogP contribution in [0.2, 0.25) is 0 Å². The van der Waals surface area contributed by atoms with Crippen LogP contribution in [-0.2, 0) is 6.54 Å². The monoisotopic (exact) mass is 166 g/mol. The zero-order valence-electron chi connectivity index (χ0n) is 6.13. The predicted octanol–water partition coefficient (Wildman–Crippen LogP) is 2.08. The van der Waals surface area contributed by atoms with Gasteiger partial charge in [0.25, 0.3) is 0 Å². The molecule has 0 spiro atoms. The number of hydrogen-bond acceptors (Lipinski definition) is 0. The molecule has 1 aliphatic rings. The Hall–Kier alpha value is -0.530. The molecule has 1 unspecified atom stereocenters. The number of fused-ring (bicyclic) bond motifs is 1. The largest absolute Gasteiger partial charge is 0.235 e. The molecule has 2 heteroatoms. The topological polar surface area (TPSA) is 14.1 Å². The lowest BCUT2D eigenvalue weighted by molar-refractivity contribution is 0.617. The first kappa shape index (κ1) is 7.14. The Balaban J connectivity index is 2.44. The molecule has 0 bridgehead atoms. The van der Waals surface area contributed by atoms with Crippen LogP contribution in [0.3, 0.4) is 0 Å². The van der Waals surface area contributed by atoms with E-state index in [2.05, 4.69) is 17.4 Å². The van der Waals surface area contributed by atoms with Crippen molar-refractivity contribution in [3.05, 3.63) is 35.4 Å². The van der Waals surface area contributed by atoms with Gasteiger partial charge >= 0.3 is 0 Å². The van der Waals surface area contributed by atoms with E-state index in [0.717, 1.165) is 13.1 Å². The molecule has 1 radical (unpaired) electrons. The maximum Gasteiger partial charge on any atom is 0.0729 e. The number of hydrogen-bond donors (Lipinski definition) is 0. The minimum absolute atomic E-state index is 0.0972. The third kappa shape index (κ3) is 1.26. The van der Waals surface area contributed by atoms with Crippen LogP contribution < -0.4 is 5.32 Å². The Kier molecular flexibility index (Phi) is 1.84. The molecule has 0 saturated carbocycles. The molecule has 11 heavy (non-hydrogen) atoms. The number of alkyl halides is 1. The van der Waals surface area contributed by atoms with E-state index in [0.29, 0.717) is 0 Å². The van der Waals surface area contributed by atoms with Crippen molar-refractivity contribution in [1.82, 2.24) is 5.32 Å². The van der Waals surface area contributed by atoms with Crippen LogP contribution in [0, 0.1) is 0 Å². The molecule has 0 N–H and O–H groups in total. The van der Waals surface area contributed by atoms with Crippen LogP contribution in [-0.4, -0.2) is 6.54 Å². The van der Waals surface area contributed by atoms with E-state index < -0.39 is 0 Å². The third-order valence-corrected chi connectivity index (χ3v) is 2.34. The van der Waals surface area contributed by atoms with Crippen molar-refractivity contribution in [2.75, 3.05) is 6.54 Å². The van der Waals surface area contributed by atoms with E-state index in [4.69, 9.17) is 11.6 Å². The lowest BCUT2D eigenvalue weighted by Gasteiger charge is -2.19. The minimum Gasteiger partial charge on any atom is -0.235 e. The summed E-state index contributed by atoms with van der Waals surface area (Å²) in [4.78, 5) is 0. The number of halogens is 1. The molecule has 1 atom stereocenters. The molecule has 1 nitrogen and oxygen atoms in total. The molecule has 1 heterocycles. The summed E-state index contributed by atoms with van der Waals surface area (Å²) in [7, 11) is 0. The molecule has 0 amide bonds. The van der Waals surface area contributed by atoms with Gasteiger partial charge in [0, 0.05) is 13.1 Å². The van der Waals surface area contributed by atoms with Crippen molar-refractivity contribution < 1.29 is 0 Å². The van der Waals surface area contributed by atoms with Gasteiger partial charge in [-0.25, -0.2) is 5.32 Å². The molecular weight excluding hydrogens is 158 g/mol. The van der Waals surface area contributed by atoms with Crippen molar-refractivity contribution in [2.45, 2.75) is 11.9 Å². The highest BCUT2D eigenvalue weighted by molar-refractivity contribution is 6.21. The zero-order chi connectivity index (χ0) is 7.68. The van der Waals surface area contributed by atoms with Gasteiger partial charge in [-0.2, -0.15) is 0 Å². The summed E-state index contributed by atoms with van der Waals surface area (Å²) in [6.45, 7) is 1.60. The Morgan fingerprint density at radius 3 is 3.00 bits per heavy atom. The average Bonchev–Trinajstić information content (AvgIpc) is 2.06. The van der Waals surface area contributed by atoms with E-state index in [1.165, 1.54) is 11.1 Å². The van der Waals surface area contributed by atoms with Gasteiger partial charge in [-0.1, -0.05) is 24.3 Å². The van der Waals surface area contributed by atoms with Crippen LogP contribution in [0.5, 0.6) is 0 Å². The maximum absolute atomic E-state index is 6.05. The molecule has 0 saturated heterocycles. The van der Waals surface area contributed by atoms with Crippen molar-refractivity contribution >= 4 is 11.6 Å². The van der Waals surface area contributed by atoms with Gasteiger partial charge in [-0.05, 0) is 11.1 Å². The first-order valence-electron chi connectivity index (χ1n) is 3.73. The Morgan fingerprint density at radius 1 is 1.36 bits per heavy atom. The molecule has 1 aromatic carbocycles. The van der Waals surface area contributed by atoms with Crippen molar-refractivity contribution in [1.29, 1.82) is 0 Å². The smallest absolute Gasteiger partial charge is 0.0729 e. The fraction of sp³-hybridized carbons (Fsp3) is 0.333. The van der Waals surface area contributed by atoms with Crippen LogP contribution in [0.1, 0.15) is 16.5 Å². The fourth-order valence-corrected chi connectivity index (χ4v) is 1.69. The summed E-state index contributed by atoms with van der Waals surface area (Å²) >= 11 is 6.05. The second-order valence-corrected chi connectivity index (χ2v) is 3.26. The summed E-state index contributed by atoms with van der Waals surface area (Å²) in [5, 5.41) is 4.36. The third-order valence-electron chi connectivity index (χ3n) is 1.96. The number of nitrogens with zero attached hydrogens (tertiary/aromatic N) is 1. The quantitative estimate of drug-likeness (QED) is 0.524. The van der Waals surface area contributed by atoms with Crippen LogP contribution in [0.25, 0.3) is 0 Å². The zero-order valence-corrected chi connectivity index (χ0v) is 6.88. The van der Waals surface area contributed by atoms with E-state index >= 15 is 0 Å². The second kappa shape index (κ2) is 2.84. The van der Waals surface area contributed by atoms with E-state index in [1.807, 2.05) is 12.1 Å². The highest BCUT2D eigenvalue weighted by atomic mass is 35.5. The van der Waals surface area contributed by atoms with Gasteiger partial charge in [0.1, 0.15) is 0 Å². The first-order chi connectivity index (χ1) is 5.38. The van der Waals surface area contributed by atoms with E-state index in [9.17, 15) is 0 Å². The van der Waals surface area contributed by atoms with Crippen LogP contribution >= 0.6 is 11.6 Å². The van der Waals surface area contributed by atoms with Gasteiger partial charge in [-0.15, -0.1) is 11.6 Å². The summed E-state index contributed by atoms with van der Waals surface area (Å²) in [6.07, 6.45) is 0. The Bertz CT molecular complexity index is 259. The second-order valence-electron chi connectivity index (χ2n) is 2.73. The van der Waals surface area contributed by atoms with Gasteiger partial charge in [0.05, 0.1) is 5.38 Å². The lowest BCUT2D eigenvalue weighted by Crippen LogP contribution is -2.19. The number of benzene rings is 1. The maximum atomic E-state index is 6.05. The van der Waals surface area contributed by atoms with Gasteiger partial charge < -0.3 is 0 Å². The summed E-state index contributed by atoms with van der Waals surface area (Å²) in [6, 6.07) is 8.23. The molecule has 1 aromatic rings. The van der Waals surface area contributed by atoms with Crippen molar-refractivity contribution in [3.63, 3.8) is 0 Å². The van der Waals surface area contributed by atoms with E-state index in [1.54, 1.807) is 0 Å². The average molecular weight is 167 g/mol. The standard InChI is InChI=1S/C9H9ClN/c10-9-6-11-5-7-3-1-2-4-8(7)9/h1-4,9H,5-6H2. The van der Waals surface area contributed by atoms with E-state index in [-0.39, 0.29) is 5.38 Å². The summed E-state index contributed by atoms with van der Waals surface area (Å²) < 4.78 is 0. The molecule has 57 valence electrons. The highest BCUT2D eigenvalue weighted by Crippen LogP contribution is 2.26. The van der Waals surface area contributed by atoms with Crippen LogP contribution in [0.15, 0.2) is 24.3 Å². The van der Waals surface area contributed by atoms with Crippen LogP contribution in [0.4, 0.5) is 0 Å². The SMILES string of the molecule is ClC1C[N]Cc2ccccc21. The molecule has 1 aliphatic heterocycles. The van der Waals surface area contributed by atoms with Gasteiger partial charge in [0.15, 0.2) is 0 Å². The van der Waals surface area contributed by atoms with Gasteiger partial charge in [-0.3, -0.25) is 0 Å². The summed E-state index contributed by atoms with van der Waals surface area (Å²) in [5.41, 5.74) is 2.53. The molecule has 0 fully saturated rings. The first-order valence-corrected chi connectivity index (χ1v) is 4.16. The Morgan fingerprint density at radius 2 is 2.18 bits per heavy atom. The molecular formula is C9H9ClN. The lowest BCUT2D eigenvalue weighted by atomic mass is 10.0. The van der Waals surface area contributed by atoms with Gasteiger partial charge in [0.2, 0.25) is 0 Å². The summed E-state index contributed by atoms with van der Waals surface area (Å²) in [5.74, 6) is 0. The normalized spacial score (nSPS) is 22.8. The fourth-order valence-electron chi connectivity index (χ4n) is 1.38. The van der Waals surface area contributed by atoms with Crippen molar-refractivity contribution in [2.24, 2.45) is 0 Å². The minimum atomic E-state index is 0.0972. The predicted molar refractivity (Wildman–Crippen MR) is 45.7 cm³/mol. The van der Waals surface area contributed by atoms with Crippen molar-refractivity contribution in [3.8, 4) is 0 Å². The highest BCUT2D eigenvalue weighted by Gasteiger charge is 2.16.